The number of aliphatic hydroxyl groups is 1. The summed E-state index contributed by atoms with van der Waals surface area (Å²) < 4.78 is 6.07. The number of benzene rings is 1. The summed E-state index contributed by atoms with van der Waals surface area (Å²) in [5.41, 5.74) is 4.45. The van der Waals surface area contributed by atoms with E-state index in [0.717, 1.165) is 36.5 Å². The molecule has 1 aromatic carbocycles. The summed E-state index contributed by atoms with van der Waals surface area (Å²) in [6, 6.07) is 12.3. The van der Waals surface area contributed by atoms with Crippen LogP contribution in [-0.2, 0) is 13.0 Å². The van der Waals surface area contributed by atoms with Crippen molar-refractivity contribution >= 4 is 11.0 Å². The van der Waals surface area contributed by atoms with Crippen molar-refractivity contribution in [2.75, 3.05) is 13.1 Å². The van der Waals surface area contributed by atoms with Crippen LogP contribution in [0.4, 0.5) is 0 Å². The molecule has 2 aromatic heterocycles. The van der Waals surface area contributed by atoms with Crippen LogP contribution in [-0.4, -0.2) is 34.2 Å². The number of aliphatic hydroxyl groups excluding tert-OH is 1. The Morgan fingerprint density at radius 2 is 2.08 bits per heavy atom. The van der Waals surface area contributed by atoms with Gasteiger partial charge in [0, 0.05) is 36.3 Å². The Hall–Kier alpha value is -2.17. The molecule has 4 rings (SSSR count). The number of likely N-dealkylation sites (tertiary alicyclic amines) is 1. The lowest BCUT2D eigenvalue weighted by Gasteiger charge is -2.14. The first-order valence-electron chi connectivity index (χ1n) is 8.89. The molecule has 0 spiro atoms. The zero-order valence-corrected chi connectivity index (χ0v) is 14.8. The van der Waals surface area contributed by atoms with Crippen LogP contribution in [0, 0.1) is 19.8 Å². The number of aromatic nitrogens is 1. The third kappa shape index (κ3) is 3.32. The van der Waals surface area contributed by atoms with Gasteiger partial charge in [-0.05, 0) is 50.1 Å². The van der Waals surface area contributed by atoms with Crippen LogP contribution < -0.4 is 0 Å². The van der Waals surface area contributed by atoms with Crippen molar-refractivity contribution in [2.24, 2.45) is 5.92 Å². The fraction of sp³-hybridized carbons (Fsp3) is 0.381. The van der Waals surface area contributed by atoms with Crippen molar-refractivity contribution in [3.8, 4) is 0 Å². The first-order valence-corrected chi connectivity index (χ1v) is 8.89. The number of nitrogens with zero attached hydrogens (tertiary/aromatic N) is 2. The van der Waals surface area contributed by atoms with Gasteiger partial charge in [-0.15, -0.1) is 0 Å². The highest BCUT2D eigenvalue weighted by Gasteiger charge is 2.32. The minimum atomic E-state index is -0.311. The molecule has 1 aliphatic heterocycles. The van der Waals surface area contributed by atoms with Crippen LogP contribution in [0.15, 0.2) is 47.0 Å². The van der Waals surface area contributed by atoms with Gasteiger partial charge in [0.15, 0.2) is 0 Å². The van der Waals surface area contributed by atoms with Crippen LogP contribution in [0.5, 0.6) is 0 Å². The predicted octanol–water partition coefficient (Wildman–Crippen LogP) is 3.48. The summed E-state index contributed by atoms with van der Waals surface area (Å²) in [6.45, 7) is 6.53. The van der Waals surface area contributed by atoms with Crippen molar-refractivity contribution in [3.63, 3.8) is 0 Å². The monoisotopic (exact) mass is 336 g/mol. The van der Waals surface area contributed by atoms with Crippen molar-refractivity contribution in [1.29, 1.82) is 0 Å². The molecule has 0 amide bonds. The van der Waals surface area contributed by atoms with Crippen molar-refractivity contribution < 1.29 is 9.52 Å². The summed E-state index contributed by atoms with van der Waals surface area (Å²) in [4.78, 5) is 6.68. The SMILES string of the molecule is Cc1ccc2oc(CN3C[C@@H](Cc4ccccn4)[C@H](O)C3)c(C)c2c1. The molecular weight excluding hydrogens is 312 g/mol. The topological polar surface area (TPSA) is 49.5 Å². The first kappa shape index (κ1) is 16.3. The number of hydrogen-bond donors (Lipinski definition) is 1. The number of pyridine rings is 1. The maximum atomic E-state index is 10.4. The predicted molar refractivity (Wildman–Crippen MR) is 98.4 cm³/mol. The second kappa shape index (κ2) is 6.62. The normalized spacial score (nSPS) is 21.2. The number of β-amino-alcohol motifs (C(OH)–C–C–N with tert-alkyl or cyclic N) is 1. The molecule has 130 valence electrons. The Bertz CT molecular complexity index is 872. The minimum absolute atomic E-state index is 0.224. The summed E-state index contributed by atoms with van der Waals surface area (Å²) >= 11 is 0. The van der Waals surface area contributed by atoms with Gasteiger partial charge in [-0.25, -0.2) is 0 Å². The average molecular weight is 336 g/mol. The molecule has 2 atom stereocenters. The molecular formula is C21H24N2O2. The Morgan fingerprint density at radius 3 is 2.88 bits per heavy atom. The molecule has 4 heteroatoms. The Balaban J connectivity index is 1.48. The van der Waals surface area contributed by atoms with E-state index in [9.17, 15) is 5.11 Å². The Labute approximate surface area is 148 Å². The minimum Gasteiger partial charge on any atom is -0.459 e. The molecule has 4 nitrogen and oxygen atoms in total. The lowest BCUT2D eigenvalue weighted by atomic mass is 10.00. The molecule has 0 aliphatic carbocycles. The molecule has 0 radical (unpaired) electrons. The largest absolute Gasteiger partial charge is 0.459 e. The maximum absolute atomic E-state index is 10.4. The highest BCUT2D eigenvalue weighted by atomic mass is 16.3. The molecule has 0 saturated carbocycles. The molecule has 0 unspecified atom stereocenters. The molecule has 1 N–H and O–H groups in total. The zero-order valence-electron chi connectivity index (χ0n) is 14.8. The molecule has 25 heavy (non-hydrogen) atoms. The van der Waals surface area contributed by atoms with Gasteiger partial charge in [-0.2, -0.15) is 0 Å². The van der Waals surface area contributed by atoms with E-state index in [1.807, 2.05) is 30.5 Å². The van der Waals surface area contributed by atoms with Crippen LogP contribution in [0.2, 0.25) is 0 Å². The average Bonchev–Trinajstić information content (AvgIpc) is 3.09. The molecule has 1 saturated heterocycles. The van der Waals surface area contributed by atoms with E-state index in [-0.39, 0.29) is 12.0 Å². The quantitative estimate of drug-likeness (QED) is 0.792. The highest BCUT2D eigenvalue weighted by Crippen LogP contribution is 2.29. The van der Waals surface area contributed by atoms with Crippen LogP contribution >= 0.6 is 0 Å². The number of furan rings is 1. The van der Waals surface area contributed by atoms with Crippen LogP contribution in [0.25, 0.3) is 11.0 Å². The van der Waals surface area contributed by atoms with E-state index >= 15 is 0 Å². The zero-order chi connectivity index (χ0) is 17.4. The third-order valence-electron chi connectivity index (χ3n) is 5.24. The summed E-state index contributed by atoms with van der Waals surface area (Å²) in [5.74, 6) is 1.23. The van der Waals surface area contributed by atoms with E-state index in [1.54, 1.807) is 0 Å². The van der Waals surface area contributed by atoms with Gasteiger partial charge in [-0.1, -0.05) is 17.7 Å². The first-order chi connectivity index (χ1) is 12.1. The van der Waals surface area contributed by atoms with E-state index in [1.165, 1.54) is 16.5 Å². The van der Waals surface area contributed by atoms with Gasteiger partial charge in [0.05, 0.1) is 12.6 Å². The second-order valence-electron chi connectivity index (χ2n) is 7.20. The van der Waals surface area contributed by atoms with Crippen molar-refractivity contribution in [1.82, 2.24) is 9.88 Å². The van der Waals surface area contributed by atoms with Crippen LogP contribution in [0.1, 0.15) is 22.6 Å². The van der Waals surface area contributed by atoms with Gasteiger partial charge in [0.1, 0.15) is 11.3 Å². The molecule has 1 fully saturated rings. The number of hydrogen-bond acceptors (Lipinski definition) is 4. The smallest absolute Gasteiger partial charge is 0.134 e. The van der Waals surface area contributed by atoms with Crippen molar-refractivity contribution in [2.45, 2.75) is 32.9 Å². The van der Waals surface area contributed by atoms with E-state index < -0.39 is 0 Å². The maximum Gasteiger partial charge on any atom is 0.134 e. The summed E-state index contributed by atoms with van der Waals surface area (Å²) in [5, 5.41) is 11.6. The molecule has 0 bridgehead atoms. The van der Waals surface area contributed by atoms with Gasteiger partial charge < -0.3 is 9.52 Å². The van der Waals surface area contributed by atoms with Crippen LogP contribution in [0.3, 0.4) is 0 Å². The lowest BCUT2D eigenvalue weighted by Crippen LogP contribution is -2.21. The van der Waals surface area contributed by atoms with Gasteiger partial charge >= 0.3 is 0 Å². The summed E-state index contributed by atoms with van der Waals surface area (Å²) in [6.07, 6.45) is 2.32. The van der Waals surface area contributed by atoms with E-state index in [0.29, 0.717) is 6.54 Å². The fourth-order valence-corrected chi connectivity index (χ4v) is 3.80. The lowest BCUT2D eigenvalue weighted by molar-refractivity contribution is 0.140. The fourth-order valence-electron chi connectivity index (χ4n) is 3.80. The van der Waals surface area contributed by atoms with Gasteiger partial charge in [-0.3, -0.25) is 9.88 Å². The number of rotatable bonds is 4. The molecule has 3 heterocycles. The van der Waals surface area contributed by atoms with Gasteiger partial charge in [0.25, 0.3) is 0 Å². The molecule has 3 aromatic rings. The van der Waals surface area contributed by atoms with Crippen molar-refractivity contribution in [3.05, 3.63) is 65.2 Å². The summed E-state index contributed by atoms with van der Waals surface area (Å²) in [7, 11) is 0. The number of fused-ring (bicyclic) bond motifs is 1. The highest BCUT2D eigenvalue weighted by molar-refractivity contribution is 5.82. The number of aryl methyl sites for hydroxylation is 2. The second-order valence-corrected chi connectivity index (χ2v) is 7.20. The molecule has 1 aliphatic rings. The van der Waals surface area contributed by atoms with Gasteiger partial charge in [0.2, 0.25) is 0 Å². The van der Waals surface area contributed by atoms with E-state index in [2.05, 4.69) is 35.9 Å². The Morgan fingerprint density at radius 1 is 1.20 bits per heavy atom. The Kier molecular flexibility index (Phi) is 4.32. The standard InChI is InChI=1S/C21H24N2O2/c1-14-6-7-20-18(9-14)15(2)21(25-20)13-23-11-16(19(24)12-23)10-17-5-3-4-8-22-17/h3-9,16,19,24H,10-13H2,1-2H3/t16-,19-/m1/s1. The van der Waals surface area contributed by atoms with E-state index in [4.69, 9.17) is 4.42 Å². The third-order valence-corrected chi connectivity index (χ3v) is 5.24.